The van der Waals surface area contributed by atoms with Gasteiger partial charge >= 0.3 is 11.4 Å². The minimum Gasteiger partial charge on any atom is -0.390 e. The van der Waals surface area contributed by atoms with Crippen LogP contribution in [0.3, 0.4) is 0 Å². The SMILES string of the molecule is Brc1ccccc1.CC1(O)CCN(Cc2ccccc2)CC1.OC1(c2ccc(Br)cc2)CCN(Cc2ccccc2)CC1.[Cl][Al]([Cl])[Cl]. The van der Waals surface area contributed by atoms with Gasteiger partial charge in [0.2, 0.25) is 0 Å². The summed E-state index contributed by atoms with van der Waals surface area (Å²) in [6, 6.07) is 39.1. The van der Waals surface area contributed by atoms with Gasteiger partial charge in [-0.2, -0.15) is 0 Å². The van der Waals surface area contributed by atoms with E-state index >= 15 is 0 Å². The fourth-order valence-corrected chi connectivity index (χ4v) is 5.99. The van der Waals surface area contributed by atoms with E-state index in [0.717, 1.165) is 79.5 Å². The Morgan fingerprint density at radius 2 is 0.915 bits per heavy atom. The second kappa shape index (κ2) is 21.3. The highest BCUT2D eigenvalue weighted by Gasteiger charge is 2.33. The average molecular weight is 842 g/mol. The predicted molar refractivity (Wildman–Crippen MR) is 208 cm³/mol. The number of benzene rings is 4. The van der Waals surface area contributed by atoms with Crippen molar-refractivity contribution in [1.82, 2.24) is 9.80 Å². The van der Waals surface area contributed by atoms with Crippen LogP contribution < -0.4 is 0 Å². The van der Waals surface area contributed by atoms with Crippen molar-refractivity contribution in [3.63, 3.8) is 0 Å². The first-order chi connectivity index (χ1) is 22.4. The van der Waals surface area contributed by atoms with Crippen molar-refractivity contribution >= 4 is 73.4 Å². The monoisotopic (exact) mass is 838 g/mol. The Morgan fingerprint density at radius 1 is 0.574 bits per heavy atom. The largest absolute Gasteiger partial charge is 0.643 e. The Kier molecular flexibility index (Phi) is 18.4. The zero-order valence-corrected chi connectivity index (χ0v) is 33.4. The van der Waals surface area contributed by atoms with Gasteiger partial charge < -0.3 is 10.2 Å². The number of halogens is 5. The summed E-state index contributed by atoms with van der Waals surface area (Å²) in [7, 11) is 14.8. The molecule has 2 saturated heterocycles. The molecule has 4 aromatic rings. The lowest BCUT2D eigenvalue weighted by Gasteiger charge is -2.38. The fraction of sp³-hybridized carbons (Fsp3) is 0.351. The van der Waals surface area contributed by atoms with Crippen LogP contribution in [0.5, 0.6) is 0 Å². The van der Waals surface area contributed by atoms with Crippen molar-refractivity contribution in [3.05, 3.63) is 141 Å². The van der Waals surface area contributed by atoms with Gasteiger partial charge in [0.25, 0.3) is 0 Å². The second-order valence-electron chi connectivity index (χ2n) is 12.1. The Labute approximate surface area is 314 Å². The Morgan fingerprint density at radius 3 is 1.28 bits per heavy atom. The first-order valence-electron chi connectivity index (χ1n) is 15.8. The van der Waals surface area contributed by atoms with Crippen LogP contribution in [-0.2, 0) is 18.7 Å². The van der Waals surface area contributed by atoms with Gasteiger partial charge in [0.1, 0.15) is 0 Å². The molecule has 2 heterocycles. The summed E-state index contributed by atoms with van der Waals surface area (Å²) in [6.07, 6.45) is 3.36. The molecular formula is C37H44AlBr2Cl3N2O2. The molecule has 2 fully saturated rings. The first kappa shape index (κ1) is 40.5. The van der Waals surface area contributed by atoms with Crippen LogP contribution >= 0.6 is 62.0 Å². The molecule has 2 N–H and O–H groups in total. The van der Waals surface area contributed by atoms with E-state index in [1.54, 1.807) is 0 Å². The highest BCUT2D eigenvalue weighted by molar-refractivity contribution is 9.10. The zero-order chi connectivity index (χ0) is 34.1. The van der Waals surface area contributed by atoms with Crippen molar-refractivity contribution < 1.29 is 10.2 Å². The molecule has 47 heavy (non-hydrogen) atoms. The third kappa shape index (κ3) is 16.6. The van der Waals surface area contributed by atoms with Crippen molar-refractivity contribution in [3.8, 4) is 0 Å². The van der Waals surface area contributed by atoms with E-state index in [-0.39, 0.29) is 0 Å². The topological polar surface area (TPSA) is 46.9 Å². The lowest BCUT2D eigenvalue weighted by atomic mass is 9.84. The molecule has 0 bridgehead atoms. The maximum Gasteiger partial charge on any atom is 0.643 e. The van der Waals surface area contributed by atoms with E-state index in [0.29, 0.717) is 0 Å². The summed E-state index contributed by atoms with van der Waals surface area (Å²) in [5.41, 5.74) is 2.62. The van der Waals surface area contributed by atoms with Crippen molar-refractivity contribution in [2.75, 3.05) is 26.2 Å². The van der Waals surface area contributed by atoms with Crippen LogP contribution in [0.4, 0.5) is 0 Å². The maximum atomic E-state index is 10.9. The first-order valence-corrected chi connectivity index (χ1v) is 22.6. The summed E-state index contributed by atoms with van der Waals surface area (Å²) in [6.45, 7) is 7.79. The molecule has 0 saturated carbocycles. The highest BCUT2D eigenvalue weighted by atomic mass is 79.9. The zero-order valence-electron chi connectivity index (χ0n) is 26.8. The molecule has 0 radical (unpaired) electrons. The van der Waals surface area contributed by atoms with Crippen LogP contribution in [0.25, 0.3) is 0 Å². The van der Waals surface area contributed by atoms with E-state index in [1.807, 2.05) is 73.7 Å². The summed E-state index contributed by atoms with van der Waals surface area (Å²) >= 11 is 5.03. The molecular weight excluding hydrogens is 798 g/mol. The highest BCUT2D eigenvalue weighted by Crippen LogP contribution is 2.34. The molecule has 2 aliphatic rings. The van der Waals surface area contributed by atoms with Crippen molar-refractivity contribution in [1.29, 1.82) is 0 Å². The van der Waals surface area contributed by atoms with E-state index < -0.39 is 22.6 Å². The Hall–Kier alpha value is -0.918. The molecule has 0 amide bonds. The fourth-order valence-electron chi connectivity index (χ4n) is 5.42. The van der Waals surface area contributed by atoms with Crippen LogP contribution in [-0.4, -0.2) is 63.2 Å². The molecule has 2 aliphatic heterocycles. The third-order valence-corrected chi connectivity index (χ3v) is 9.29. The van der Waals surface area contributed by atoms with Crippen LogP contribution in [0.2, 0.25) is 0 Å². The smallest absolute Gasteiger partial charge is 0.390 e. The van der Waals surface area contributed by atoms with Gasteiger partial charge in [-0.15, -0.1) is 0 Å². The van der Waals surface area contributed by atoms with Gasteiger partial charge in [0.05, 0.1) is 11.2 Å². The molecule has 4 nitrogen and oxygen atoms in total. The molecule has 0 aliphatic carbocycles. The normalized spacial score (nSPS) is 17.0. The summed E-state index contributed by atoms with van der Waals surface area (Å²) in [4.78, 5) is 4.83. The number of likely N-dealkylation sites (tertiary alicyclic amines) is 2. The number of piperidine rings is 2. The summed E-state index contributed by atoms with van der Waals surface area (Å²) in [5.74, 6) is 0. The molecule has 0 unspecified atom stereocenters. The molecule has 6 rings (SSSR count). The number of nitrogens with zero attached hydrogens (tertiary/aromatic N) is 2. The van der Waals surface area contributed by atoms with Gasteiger partial charge in [0, 0.05) is 48.2 Å². The van der Waals surface area contributed by atoms with E-state index in [9.17, 15) is 10.2 Å². The quantitative estimate of drug-likeness (QED) is 0.197. The van der Waals surface area contributed by atoms with Crippen molar-refractivity contribution in [2.24, 2.45) is 0 Å². The predicted octanol–water partition coefficient (Wildman–Crippen LogP) is 10.1. The van der Waals surface area contributed by atoms with Crippen LogP contribution in [0.15, 0.2) is 124 Å². The summed E-state index contributed by atoms with van der Waals surface area (Å²) in [5, 5.41) is 20.7. The van der Waals surface area contributed by atoms with Gasteiger partial charge in [-0.05, 0) is 73.6 Å². The third-order valence-electron chi connectivity index (χ3n) is 8.23. The van der Waals surface area contributed by atoms with E-state index in [1.165, 1.54) is 11.1 Å². The molecule has 0 aromatic heterocycles. The van der Waals surface area contributed by atoms with Crippen LogP contribution in [0.1, 0.15) is 49.3 Å². The van der Waals surface area contributed by atoms with Crippen LogP contribution in [0, 0.1) is 0 Å². The van der Waals surface area contributed by atoms with Crippen molar-refractivity contribution in [2.45, 2.75) is 56.9 Å². The number of hydrogen-bond donors (Lipinski definition) is 2. The number of rotatable bonds is 5. The molecule has 0 atom stereocenters. The molecule has 0 spiro atoms. The Bertz CT molecular complexity index is 1390. The van der Waals surface area contributed by atoms with Gasteiger partial charge in [-0.25, -0.2) is 30.1 Å². The molecule has 10 heteroatoms. The van der Waals surface area contributed by atoms with Gasteiger partial charge in [-0.3, -0.25) is 9.80 Å². The van der Waals surface area contributed by atoms with Gasteiger partial charge in [0.15, 0.2) is 0 Å². The summed E-state index contributed by atoms with van der Waals surface area (Å²) < 4.78 is 2.19. The number of hydrogen-bond acceptors (Lipinski definition) is 4. The van der Waals surface area contributed by atoms with Gasteiger partial charge in [-0.1, -0.05) is 123 Å². The standard InChI is InChI=1S/C18H20BrNO.C13H19NO.C6H5Br.Al.3ClH/c19-17-8-6-16(7-9-17)18(21)10-12-20(13-11-18)14-15-4-2-1-3-5-15;1-13(15)7-9-14(10-8-13)11-12-5-3-2-4-6-12;7-6-4-2-1-3-5-6;;;;/h1-9,21H,10-14H2;2-6,15H,7-11H2,1H3;1-5H;;3*1H/q;;;+3;;;/p-3. The number of aliphatic hydroxyl groups is 2. The second-order valence-corrected chi connectivity index (χ2v) is 20.4. The van der Waals surface area contributed by atoms with E-state index in [4.69, 9.17) is 30.1 Å². The van der Waals surface area contributed by atoms with E-state index in [2.05, 4.69) is 90.2 Å². The maximum absolute atomic E-state index is 10.9. The minimum atomic E-state index is -1.72. The molecule has 252 valence electrons. The Balaban J connectivity index is 0.000000200. The lowest BCUT2D eigenvalue weighted by molar-refractivity contribution is -0.0277. The minimum absolute atomic E-state index is 0.437. The molecule has 4 aromatic carbocycles. The average Bonchev–Trinajstić information content (AvgIpc) is 3.05. The lowest BCUT2D eigenvalue weighted by Crippen LogP contribution is -2.42.